The van der Waals surface area contributed by atoms with Crippen molar-refractivity contribution >= 4 is 33.2 Å². The molecular formula is C20H20N6O4S. The van der Waals surface area contributed by atoms with Crippen LogP contribution in [0.5, 0.6) is 5.88 Å². The molecule has 2 aromatic heterocycles. The fourth-order valence-corrected chi connectivity index (χ4v) is 3.92. The van der Waals surface area contributed by atoms with Crippen LogP contribution in [0.1, 0.15) is 27.6 Å². The molecule has 160 valence electrons. The highest BCUT2D eigenvalue weighted by Gasteiger charge is 2.22. The average molecular weight is 440 g/mol. The second-order valence-corrected chi connectivity index (χ2v) is 7.42. The number of nitrogens with two attached hydrogens (primary N) is 1. The fraction of sp³-hybridized carbons (Fsp3) is 0.300. The molecule has 0 spiro atoms. The molecule has 3 aromatic rings. The topological polar surface area (TPSA) is 134 Å². The van der Waals surface area contributed by atoms with Crippen LogP contribution in [0, 0.1) is 0 Å². The van der Waals surface area contributed by atoms with Crippen LogP contribution in [0.2, 0.25) is 0 Å². The van der Waals surface area contributed by atoms with Crippen molar-refractivity contribution in [2.24, 2.45) is 21.2 Å². The Bertz CT molecular complexity index is 1120. The maximum Gasteiger partial charge on any atom is 0.248 e. The van der Waals surface area contributed by atoms with Crippen LogP contribution < -0.4 is 10.5 Å². The number of hydrogen-bond acceptors (Lipinski definition) is 10. The molecular weight excluding hydrogens is 420 g/mol. The standard InChI is InChI=1S/C11H12N2O3S.C9H8N4O/c1-14-11-9-10(17-6-13-9)7(4-12-11)8-5-15-2-3-16-8;10-9(14)7-3-1-6(2-4-7)8-5-11-13-12-8/h4,6,8H,2-3,5H2,1H3;1-4H,5H2,(H2,10,14). The van der Waals surface area contributed by atoms with E-state index in [2.05, 4.69) is 25.4 Å². The van der Waals surface area contributed by atoms with E-state index in [-0.39, 0.29) is 6.10 Å². The Kier molecular flexibility index (Phi) is 6.55. The normalized spacial score (nSPS) is 17.7. The van der Waals surface area contributed by atoms with Gasteiger partial charge in [0, 0.05) is 17.3 Å². The van der Waals surface area contributed by atoms with Crippen LogP contribution in [0.25, 0.3) is 10.2 Å². The molecule has 1 atom stereocenters. The zero-order valence-electron chi connectivity index (χ0n) is 16.7. The number of rotatable bonds is 4. The minimum absolute atomic E-state index is 0.0508. The first-order valence-electron chi connectivity index (χ1n) is 9.46. The zero-order valence-corrected chi connectivity index (χ0v) is 17.5. The highest BCUT2D eigenvalue weighted by Crippen LogP contribution is 2.33. The second-order valence-electron chi connectivity index (χ2n) is 6.56. The van der Waals surface area contributed by atoms with Gasteiger partial charge in [-0.15, -0.1) is 16.4 Å². The summed E-state index contributed by atoms with van der Waals surface area (Å²) < 4.78 is 17.4. The molecule has 10 nitrogen and oxygen atoms in total. The Morgan fingerprint density at radius 3 is 2.71 bits per heavy atom. The van der Waals surface area contributed by atoms with E-state index in [1.54, 1.807) is 54.4 Å². The largest absolute Gasteiger partial charge is 0.479 e. The number of pyridine rings is 1. The quantitative estimate of drug-likeness (QED) is 0.663. The molecule has 0 radical (unpaired) electrons. The maximum atomic E-state index is 10.8. The molecule has 2 N–H and O–H groups in total. The third kappa shape index (κ3) is 4.74. The van der Waals surface area contributed by atoms with Gasteiger partial charge >= 0.3 is 0 Å². The van der Waals surface area contributed by atoms with E-state index in [0.29, 0.717) is 37.8 Å². The van der Waals surface area contributed by atoms with Crippen LogP contribution in [0.4, 0.5) is 0 Å². The molecule has 1 saturated heterocycles. The van der Waals surface area contributed by atoms with Crippen molar-refractivity contribution in [1.29, 1.82) is 0 Å². The monoisotopic (exact) mass is 440 g/mol. The predicted molar refractivity (Wildman–Crippen MR) is 115 cm³/mol. The number of ether oxygens (including phenoxy) is 3. The lowest BCUT2D eigenvalue weighted by molar-refractivity contribution is -0.0896. The molecule has 11 heteroatoms. The van der Waals surface area contributed by atoms with Gasteiger partial charge in [-0.1, -0.05) is 12.1 Å². The average Bonchev–Trinajstić information content (AvgIpc) is 3.52. The van der Waals surface area contributed by atoms with Crippen LogP contribution >= 0.6 is 11.3 Å². The molecule has 4 heterocycles. The van der Waals surface area contributed by atoms with Gasteiger partial charge in [-0.25, -0.2) is 9.97 Å². The van der Waals surface area contributed by atoms with Gasteiger partial charge in [-0.3, -0.25) is 4.79 Å². The molecule has 1 fully saturated rings. The first-order valence-corrected chi connectivity index (χ1v) is 10.3. The van der Waals surface area contributed by atoms with Gasteiger partial charge in [0.25, 0.3) is 0 Å². The van der Waals surface area contributed by atoms with Crippen molar-refractivity contribution in [2.75, 3.05) is 33.5 Å². The number of benzene rings is 1. The van der Waals surface area contributed by atoms with E-state index in [4.69, 9.17) is 19.9 Å². The van der Waals surface area contributed by atoms with E-state index in [1.165, 1.54) is 0 Å². The molecule has 1 aromatic carbocycles. The molecule has 2 aliphatic rings. The van der Waals surface area contributed by atoms with Crippen molar-refractivity contribution in [3.63, 3.8) is 0 Å². The number of nitrogens with zero attached hydrogens (tertiary/aromatic N) is 5. The van der Waals surface area contributed by atoms with Gasteiger partial charge in [-0.2, -0.15) is 5.11 Å². The molecule has 0 aliphatic carbocycles. The Morgan fingerprint density at radius 2 is 2.06 bits per heavy atom. The Morgan fingerprint density at radius 1 is 1.23 bits per heavy atom. The molecule has 0 saturated carbocycles. The second kappa shape index (κ2) is 9.69. The molecule has 1 unspecified atom stereocenters. The summed E-state index contributed by atoms with van der Waals surface area (Å²) in [6.07, 6.45) is 1.74. The van der Waals surface area contributed by atoms with E-state index in [1.807, 2.05) is 0 Å². The van der Waals surface area contributed by atoms with Gasteiger partial charge in [-0.05, 0) is 22.9 Å². The lowest BCUT2D eigenvalue weighted by atomic mass is 10.1. The molecule has 2 aliphatic heterocycles. The lowest BCUT2D eigenvalue weighted by Crippen LogP contribution is -2.22. The third-order valence-electron chi connectivity index (χ3n) is 4.66. The van der Waals surface area contributed by atoms with Gasteiger partial charge in [0.15, 0.2) is 0 Å². The minimum Gasteiger partial charge on any atom is -0.479 e. The summed E-state index contributed by atoms with van der Waals surface area (Å²) in [5.41, 5.74) is 10.9. The van der Waals surface area contributed by atoms with Gasteiger partial charge in [0.1, 0.15) is 18.2 Å². The molecule has 5 rings (SSSR count). The summed E-state index contributed by atoms with van der Waals surface area (Å²) >= 11 is 1.57. The van der Waals surface area contributed by atoms with Gasteiger partial charge in [0.05, 0.1) is 42.9 Å². The SMILES string of the molecule is COc1ncc(C2COCCO2)c2scnc12.NC(=O)c1ccc(C2=NN=NC2)cc1. The van der Waals surface area contributed by atoms with E-state index < -0.39 is 5.91 Å². The third-order valence-corrected chi connectivity index (χ3v) is 5.54. The first kappa shape index (κ1) is 21.0. The zero-order chi connectivity index (χ0) is 21.6. The predicted octanol–water partition coefficient (Wildman–Crippen LogP) is 2.74. The number of carbonyl (C=O) groups excluding carboxylic acids is 1. The van der Waals surface area contributed by atoms with Crippen LogP contribution in [0.3, 0.4) is 0 Å². The van der Waals surface area contributed by atoms with Crippen molar-refractivity contribution < 1.29 is 19.0 Å². The van der Waals surface area contributed by atoms with Crippen LogP contribution in [-0.4, -0.2) is 55.1 Å². The summed E-state index contributed by atoms with van der Waals surface area (Å²) in [6, 6.07) is 6.90. The van der Waals surface area contributed by atoms with Crippen molar-refractivity contribution in [3.05, 3.63) is 52.7 Å². The summed E-state index contributed by atoms with van der Waals surface area (Å²) in [4.78, 5) is 19.3. The van der Waals surface area contributed by atoms with Gasteiger partial charge in [0.2, 0.25) is 11.8 Å². The molecule has 31 heavy (non-hydrogen) atoms. The summed E-state index contributed by atoms with van der Waals surface area (Å²) in [7, 11) is 1.60. The Balaban J connectivity index is 0.000000152. The minimum atomic E-state index is -0.431. The summed E-state index contributed by atoms with van der Waals surface area (Å²) in [5, 5.41) is 11.1. The highest BCUT2D eigenvalue weighted by atomic mass is 32.1. The summed E-state index contributed by atoms with van der Waals surface area (Å²) in [6.45, 7) is 2.35. The summed E-state index contributed by atoms with van der Waals surface area (Å²) in [5.74, 6) is 0.126. The molecule has 1 amide bonds. The Hall–Kier alpha value is -3.28. The highest BCUT2D eigenvalue weighted by molar-refractivity contribution is 7.17. The first-order chi connectivity index (χ1) is 15.2. The van der Waals surface area contributed by atoms with Gasteiger partial charge < -0.3 is 19.9 Å². The molecule has 0 bridgehead atoms. The van der Waals surface area contributed by atoms with Crippen molar-refractivity contribution in [3.8, 4) is 5.88 Å². The Labute approximate surface area is 181 Å². The number of methoxy groups -OCH3 is 1. The smallest absolute Gasteiger partial charge is 0.248 e. The number of amides is 1. The van der Waals surface area contributed by atoms with Crippen LogP contribution in [-0.2, 0) is 9.47 Å². The van der Waals surface area contributed by atoms with E-state index >= 15 is 0 Å². The number of thiazole rings is 1. The van der Waals surface area contributed by atoms with E-state index in [0.717, 1.165) is 27.1 Å². The van der Waals surface area contributed by atoms with Crippen LogP contribution in [0.15, 0.2) is 51.4 Å². The van der Waals surface area contributed by atoms with Crippen molar-refractivity contribution in [2.45, 2.75) is 6.10 Å². The lowest BCUT2D eigenvalue weighted by Gasteiger charge is -2.23. The maximum absolute atomic E-state index is 10.8. The number of fused-ring (bicyclic) bond motifs is 1. The fourth-order valence-electron chi connectivity index (χ4n) is 3.09. The number of hydrogen-bond donors (Lipinski definition) is 1. The number of aromatic nitrogens is 2. The number of primary amides is 1. The van der Waals surface area contributed by atoms with Crippen molar-refractivity contribution in [1.82, 2.24) is 9.97 Å². The number of carbonyl (C=O) groups is 1. The van der Waals surface area contributed by atoms with E-state index in [9.17, 15) is 4.79 Å².